The summed E-state index contributed by atoms with van der Waals surface area (Å²) in [5.74, 6) is 0. The number of allylic oxidation sites excluding steroid dienone is 1. The molecule has 2 nitrogen and oxygen atoms in total. The summed E-state index contributed by atoms with van der Waals surface area (Å²) in [6.45, 7) is 5.69. The van der Waals surface area contributed by atoms with Crippen LogP contribution in [0.25, 0.3) is 0 Å². The molecular formula is C11H13Cl2NO. The summed E-state index contributed by atoms with van der Waals surface area (Å²) in [5.41, 5.74) is 1.50. The molecule has 1 heterocycles. The molecule has 0 saturated carbocycles. The summed E-state index contributed by atoms with van der Waals surface area (Å²) in [6, 6.07) is 1.58. The Morgan fingerprint density at radius 1 is 1.60 bits per heavy atom. The summed E-state index contributed by atoms with van der Waals surface area (Å²) in [7, 11) is 0. The molecule has 0 bridgehead atoms. The number of aliphatic hydroxyl groups is 1. The van der Waals surface area contributed by atoms with E-state index in [4.69, 9.17) is 23.2 Å². The van der Waals surface area contributed by atoms with E-state index >= 15 is 0 Å². The summed E-state index contributed by atoms with van der Waals surface area (Å²) in [5, 5.41) is 10.7. The van der Waals surface area contributed by atoms with Gasteiger partial charge in [-0.15, -0.1) is 6.58 Å². The minimum absolute atomic E-state index is 0.400. The normalized spacial score (nSPS) is 12.5. The molecule has 4 heteroatoms. The van der Waals surface area contributed by atoms with Crippen molar-refractivity contribution >= 4 is 23.2 Å². The minimum Gasteiger partial charge on any atom is -0.387 e. The second-order valence-electron chi connectivity index (χ2n) is 3.53. The van der Waals surface area contributed by atoms with Gasteiger partial charge in [-0.05, 0) is 25.8 Å². The second kappa shape index (κ2) is 5.50. The quantitative estimate of drug-likeness (QED) is 0.820. The zero-order valence-corrected chi connectivity index (χ0v) is 10.0. The summed E-state index contributed by atoms with van der Waals surface area (Å²) in [6.07, 6.45) is 2.14. The fraction of sp³-hybridized carbons (Fsp3) is 0.364. The van der Waals surface area contributed by atoms with Crippen LogP contribution >= 0.6 is 23.2 Å². The Hall–Kier alpha value is -0.570. The molecule has 0 radical (unpaired) electrons. The molecule has 1 rings (SSSR count). The molecular weight excluding hydrogens is 233 g/mol. The molecule has 1 aromatic heterocycles. The maximum absolute atomic E-state index is 9.81. The van der Waals surface area contributed by atoms with E-state index in [9.17, 15) is 5.11 Å². The van der Waals surface area contributed by atoms with Crippen molar-refractivity contribution in [1.29, 1.82) is 0 Å². The van der Waals surface area contributed by atoms with Crippen molar-refractivity contribution in [2.24, 2.45) is 0 Å². The highest BCUT2D eigenvalue weighted by Gasteiger charge is 2.13. The molecule has 15 heavy (non-hydrogen) atoms. The van der Waals surface area contributed by atoms with Crippen LogP contribution in [0.5, 0.6) is 0 Å². The summed E-state index contributed by atoms with van der Waals surface area (Å²) in [4.78, 5) is 4.01. The first-order chi connectivity index (χ1) is 7.00. The van der Waals surface area contributed by atoms with E-state index in [0.29, 0.717) is 22.2 Å². The lowest BCUT2D eigenvalue weighted by Gasteiger charge is -2.11. The predicted octanol–water partition coefficient (Wildman–Crippen LogP) is 3.78. The van der Waals surface area contributed by atoms with Gasteiger partial charge in [0, 0.05) is 6.20 Å². The third-order valence-electron chi connectivity index (χ3n) is 2.00. The molecule has 0 spiro atoms. The third-order valence-corrected chi connectivity index (χ3v) is 2.51. The average Bonchev–Trinajstić information content (AvgIpc) is 2.14. The van der Waals surface area contributed by atoms with E-state index in [2.05, 4.69) is 11.6 Å². The van der Waals surface area contributed by atoms with Crippen LogP contribution < -0.4 is 0 Å². The molecule has 0 amide bonds. The largest absolute Gasteiger partial charge is 0.387 e. The standard InChI is InChI=1S/C11H13Cl2NO/c1-7(2)3-4-10(15)11-9(13)5-8(12)6-14-11/h5-6,10,15H,1,3-4H2,2H3. The van der Waals surface area contributed by atoms with Crippen LogP contribution in [0, 0.1) is 0 Å². The first-order valence-electron chi connectivity index (χ1n) is 4.64. The van der Waals surface area contributed by atoms with E-state index in [1.807, 2.05) is 6.92 Å². The van der Waals surface area contributed by atoms with Crippen LogP contribution in [0.1, 0.15) is 31.6 Å². The van der Waals surface area contributed by atoms with Crippen LogP contribution in [0.15, 0.2) is 24.4 Å². The summed E-state index contributed by atoms with van der Waals surface area (Å²) >= 11 is 11.6. The lowest BCUT2D eigenvalue weighted by molar-refractivity contribution is 0.163. The van der Waals surface area contributed by atoms with Crippen LogP contribution in [0.4, 0.5) is 0 Å². The Balaban J connectivity index is 2.73. The minimum atomic E-state index is -0.661. The number of aromatic nitrogens is 1. The van der Waals surface area contributed by atoms with E-state index in [1.165, 1.54) is 6.20 Å². The van der Waals surface area contributed by atoms with Gasteiger partial charge in [0.2, 0.25) is 0 Å². The average molecular weight is 246 g/mol. The van der Waals surface area contributed by atoms with Gasteiger partial charge in [0.1, 0.15) is 0 Å². The zero-order valence-electron chi connectivity index (χ0n) is 8.50. The Morgan fingerprint density at radius 3 is 2.80 bits per heavy atom. The fourth-order valence-electron chi connectivity index (χ4n) is 1.19. The third kappa shape index (κ3) is 3.82. The Morgan fingerprint density at radius 2 is 2.27 bits per heavy atom. The fourth-order valence-corrected chi connectivity index (χ4v) is 1.70. The van der Waals surface area contributed by atoms with Crippen molar-refractivity contribution in [3.05, 3.63) is 40.2 Å². The monoisotopic (exact) mass is 245 g/mol. The van der Waals surface area contributed by atoms with Crippen molar-refractivity contribution < 1.29 is 5.11 Å². The first-order valence-corrected chi connectivity index (χ1v) is 5.39. The molecule has 0 aliphatic heterocycles. The molecule has 1 unspecified atom stereocenters. The summed E-state index contributed by atoms with van der Waals surface area (Å²) < 4.78 is 0. The zero-order chi connectivity index (χ0) is 11.4. The number of halogens is 2. The van der Waals surface area contributed by atoms with Gasteiger partial charge in [0.15, 0.2) is 0 Å². The predicted molar refractivity (Wildman–Crippen MR) is 63.3 cm³/mol. The molecule has 1 atom stereocenters. The van der Waals surface area contributed by atoms with E-state index in [0.717, 1.165) is 12.0 Å². The maximum Gasteiger partial charge on any atom is 0.0978 e. The van der Waals surface area contributed by atoms with Crippen LogP contribution in [-0.2, 0) is 0 Å². The number of nitrogens with zero attached hydrogens (tertiary/aromatic N) is 1. The van der Waals surface area contributed by atoms with Crippen molar-refractivity contribution in [3.8, 4) is 0 Å². The van der Waals surface area contributed by atoms with Gasteiger partial charge < -0.3 is 5.11 Å². The SMILES string of the molecule is C=C(C)CCC(O)c1ncc(Cl)cc1Cl. The highest BCUT2D eigenvalue weighted by Crippen LogP contribution is 2.26. The van der Waals surface area contributed by atoms with Gasteiger partial charge in [0.05, 0.1) is 21.8 Å². The van der Waals surface area contributed by atoms with Crippen molar-refractivity contribution in [2.75, 3.05) is 0 Å². The molecule has 0 saturated heterocycles. The van der Waals surface area contributed by atoms with Gasteiger partial charge in [-0.3, -0.25) is 4.98 Å². The van der Waals surface area contributed by atoms with Crippen molar-refractivity contribution in [1.82, 2.24) is 4.98 Å². The second-order valence-corrected chi connectivity index (χ2v) is 4.38. The van der Waals surface area contributed by atoms with Crippen molar-refractivity contribution in [3.63, 3.8) is 0 Å². The number of hydrogen-bond acceptors (Lipinski definition) is 2. The molecule has 0 aliphatic rings. The van der Waals surface area contributed by atoms with Crippen LogP contribution in [0.3, 0.4) is 0 Å². The lowest BCUT2D eigenvalue weighted by atomic mass is 10.1. The van der Waals surface area contributed by atoms with E-state index < -0.39 is 6.10 Å². The molecule has 1 aromatic rings. The van der Waals surface area contributed by atoms with Gasteiger partial charge in [-0.2, -0.15) is 0 Å². The molecule has 1 N–H and O–H groups in total. The van der Waals surface area contributed by atoms with E-state index in [-0.39, 0.29) is 0 Å². The Labute approximate surface area is 99.6 Å². The number of pyridine rings is 1. The number of aliphatic hydroxyl groups excluding tert-OH is 1. The number of rotatable bonds is 4. The molecule has 0 aliphatic carbocycles. The van der Waals surface area contributed by atoms with Gasteiger partial charge in [-0.1, -0.05) is 28.8 Å². The Bertz CT molecular complexity index is 366. The highest BCUT2D eigenvalue weighted by atomic mass is 35.5. The maximum atomic E-state index is 9.81. The van der Waals surface area contributed by atoms with Gasteiger partial charge in [-0.25, -0.2) is 0 Å². The van der Waals surface area contributed by atoms with E-state index in [1.54, 1.807) is 6.07 Å². The lowest BCUT2D eigenvalue weighted by Crippen LogP contribution is -2.01. The van der Waals surface area contributed by atoms with Gasteiger partial charge >= 0.3 is 0 Å². The van der Waals surface area contributed by atoms with Crippen LogP contribution in [-0.4, -0.2) is 10.1 Å². The number of hydrogen-bond donors (Lipinski definition) is 1. The van der Waals surface area contributed by atoms with Crippen molar-refractivity contribution in [2.45, 2.75) is 25.9 Å². The topological polar surface area (TPSA) is 33.1 Å². The molecule has 0 aromatic carbocycles. The smallest absolute Gasteiger partial charge is 0.0978 e. The molecule has 0 fully saturated rings. The first kappa shape index (κ1) is 12.5. The highest BCUT2D eigenvalue weighted by molar-refractivity contribution is 6.34. The molecule has 82 valence electrons. The Kier molecular flexibility index (Phi) is 4.58. The van der Waals surface area contributed by atoms with Crippen LogP contribution in [0.2, 0.25) is 10.0 Å². The van der Waals surface area contributed by atoms with Gasteiger partial charge in [0.25, 0.3) is 0 Å².